The van der Waals surface area contributed by atoms with Crippen molar-refractivity contribution in [3.05, 3.63) is 64.2 Å². The van der Waals surface area contributed by atoms with Crippen molar-refractivity contribution in [3.63, 3.8) is 0 Å². The third kappa shape index (κ3) is 4.87. The third-order valence-electron chi connectivity index (χ3n) is 5.44. The van der Waals surface area contributed by atoms with Gasteiger partial charge in [0.05, 0.1) is 31.5 Å². The van der Waals surface area contributed by atoms with Crippen molar-refractivity contribution in [3.8, 4) is 5.75 Å². The molecule has 0 aromatic heterocycles. The standard InChI is InChI=1S/C23H27ClO4/c1-15-10-19(25)13-23(27-15)17-4-7-22(24)18(12-17)11-16-2-5-20(6-3-16)28-21-8-9-26-14-21/h2-7,12,15,19,21,23,25H,8-11,13-14H2,1H3/t15?,19?,21-,23?/m0/s1. The van der Waals surface area contributed by atoms with E-state index in [0.29, 0.717) is 19.4 Å². The molecule has 28 heavy (non-hydrogen) atoms. The molecule has 0 spiro atoms. The Balaban J connectivity index is 1.45. The van der Waals surface area contributed by atoms with Crippen molar-refractivity contribution in [2.75, 3.05) is 13.2 Å². The van der Waals surface area contributed by atoms with E-state index >= 15 is 0 Å². The van der Waals surface area contributed by atoms with Gasteiger partial charge in [-0.2, -0.15) is 0 Å². The number of benzene rings is 2. The van der Waals surface area contributed by atoms with E-state index in [0.717, 1.165) is 41.3 Å². The van der Waals surface area contributed by atoms with E-state index < -0.39 is 0 Å². The van der Waals surface area contributed by atoms with Crippen molar-refractivity contribution < 1.29 is 19.3 Å². The Morgan fingerprint density at radius 3 is 2.68 bits per heavy atom. The summed E-state index contributed by atoms with van der Waals surface area (Å²) in [5, 5.41) is 10.8. The van der Waals surface area contributed by atoms with E-state index in [1.54, 1.807) is 0 Å². The van der Waals surface area contributed by atoms with Gasteiger partial charge in [-0.15, -0.1) is 0 Å². The number of halogens is 1. The van der Waals surface area contributed by atoms with E-state index in [1.165, 1.54) is 5.56 Å². The molecule has 4 nitrogen and oxygen atoms in total. The Labute approximate surface area is 171 Å². The molecule has 0 amide bonds. The van der Waals surface area contributed by atoms with E-state index in [4.69, 9.17) is 25.8 Å². The molecule has 2 heterocycles. The minimum absolute atomic E-state index is 0.0608. The summed E-state index contributed by atoms with van der Waals surface area (Å²) in [5.41, 5.74) is 3.31. The van der Waals surface area contributed by atoms with Gasteiger partial charge in [0, 0.05) is 17.9 Å². The molecule has 5 heteroatoms. The molecule has 2 aliphatic heterocycles. The molecule has 0 bridgehead atoms. The van der Waals surface area contributed by atoms with Crippen molar-refractivity contribution in [2.45, 2.75) is 57.0 Å². The zero-order valence-electron chi connectivity index (χ0n) is 16.1. The Kier molecular flexibility index (Phi) is 6.22. The van der Waals surface area contributed by atoms with Gasteiger partial charge in [0.1, 0.15) is 11.9 Å². The summed E-state index contributed by atoms with van der Waals surface area (Å²) in [4.78, 5) is 0. The van der Waals surface area contributed by atoms with Crippen LogP contribution in [0.5, 0.6) is 5.75 Å². The van der Waals surface area contributed by atoms with Gasteiger partial charge in [-0.1, -0.05) is 35.9 Å². The average Bonchev–Trinajstić information content (AvgIpc) is 3.17. The molecule has 0 aliphatic carbocycles. The molecular formula is C23H27ClO4. The first-order valence-corrected chi connectivity index (χ1v) is 10.4. The van der Waals surface area contributed by atoms with Crippen molar-refractivity contribution >= 4 is 11.6 Å². The monoisotopic (exact) mass is 402 g/mol. The number of ether oxygens (including phenoxy) is 3. The van der Waals surface area contributed by atoms with Crippen LogP contribution in [0.1, 0.15) is 49.0 Å². The summed E-state index contributed by atoms with van der Waals surface area (Å²) >= 11 is 6.46. The minimum atomic E-state index is -0.314. The number of rotatable bonds is 5. The Bertz CT molecular complexity index is 776. The number of hydrogen-bond donors (Lipinski definition) is 1. The van der Waals surface area contributed by atoms with E-state index in [1.807, 2.05) is 31.2 Å². The SMILES string of the molecule is CC1CC(O)CC(c2ccc(Cl)c(Cc3ccc(O[C@H]4CCOC4)cc3)c2)O1. The van der Waals surface area contributed by atoms with E-state index in [9.17, 15) is 5.11 Å². The lowest BCUT2D eigenvalue weighted by Gasteiger charge is -2.31. The van der Waals surface area contributed by atoms with Gasteiger partial charge >= 0.3 is 0 Å². The van der Waals surface area contributed by atoms with Crippen LogP contribution in [0.15, 0.2) is 42.5 Å². The second-order valence-electron chi connectivity index (χ2n) is 7.84. The summed E-state index contributed by atoms with van der Waals surface area (Å²) in [5.74, 6) is 0.873. The summed E-state index contributed by atoms with van der Waals surface area (Å²) in [6, 6.07) is 14.2. The largest absolute Gasteiger partial charge is 0.488 e. The molecule has 2 aliphatic rings. The first-order chi connectivity index (χ1) is 13.6. The summed E-state index contributed by atoms with van der Waals surface area (Å²) in [7, 11) is 0. The fourth-order valence-corrected chi connectivity index (χ4v) is 4.15. The molecule has 2 saturated heterocycles. The predicted molar refractivity (Wildman–Crippen MR) is 109 cm³/mol. The smallest absolute Gasteiger partial charge is 0.124 e. The van der Waals surface area contributed by atoms with Crippen molar-refractivity contribution in [1.82, 2.24) is 0 Å². The summed E-state index contributed by atoms with van der Waals surface area (Å²) in [6.45, 7) is 3.45. The Morgan fingerprint density at radius 1 is 1.14 bits per heavy atom. The Hall–Kier alpha value is -1.59. The highest BCUT2D eigenvalue weighted by Gasteiger charge is 2.27. The predicted octanol–water partition coefficient (Wildman–Crippen LogP) is 4.70. The molecule has 4 atom stereocenters. The van der Waals surface area contributed by atoms with Crippen molar-refractivity contribution in [1.29, 1.82) is 0 Å². The lowest BCUT2D eigenvalue weighted by atomic mass is 9.94. The van der Waals surface area contributed by atoms with Gasteiger partial charge in [0.15, 0.2) is 0 Å². The molecule has 1 N–H and O–H groups in total. The lowest BCUT2D eigenvalue weighted by molar-refractivity contribution is -0.0895. The van der Waals surface area contributed by atoms with Crippen LogP contribution in [0.3, 0.4) is 0 Å². The Morgan fingerprint density at radius 2 is 1.96 bits per heavy atom. The number of hydrogen-bond acceptors (Lipinski definition) is 4. The van der Waals surface area contributed by atoms with Gasteiger partial charge in [0.25, 0.3) is 0 Å². The molecular weight excluding hydrogens is 376 g/mol. The molecule has 2 aromatic rings. The highest BCUT2D eigenvalue weighted by molar-refractivity contribution is 6.31. The summed E-state index contributed by atoms with van der Waals surface area (Å²) < 4.78 is 17.3. The second kappa shape index (κ2) is 8.83. The van der Waals surface area contributed by atoms with Crippen LogP contribution >= 0.6 is 11.6 Å². The van der Waals surface area contributed by atoms with Gasteiger partial charge in [-0.25, -0.2) is 0 Å². The molecule has 2 aromatic carbocycles. The van der Waals surface area contributed by atoms with E-state index in [-0.39, 0.29) is 24.4 Å². The van der Waals surface area contributed by atoms with Gasteiger partial charge in [-0.05, 0) is 54.7 Å². The average molecular weight is 403 g/mol. The number of aliphatic hydroxyl groups is 1. The molecule has 0 saturated carbocycles. The minimum Gasteiger partial charge on any atom is -0.488 e. The zero-order valence-corrected chi connectivity index (χ0v) is 16.9. The molecule has 4 rings (SSSR count). The van der Waals surface area contributed by atoms with Gasteiger partial charge in [0.2, 0.25) is 0 Å². The number of aliphatic hydroxyl groups excluding tert-OH is 1. The molecule has 2 fully saturated rings. The lowest BCUT2D eigenvalue weighted by Crippen LogP contribution is -2.29. The van der Waals surface area contributed by atoms with Crippen LogP contribution < -0.4 is 4.74 Å². The second-order valence-corrected chi connectivity index (χ2v) is 8.24. The van der Waals surface area contributed by atoms with Crippen LogP contribution in [-0.2, 0) is 15.9 Å². The molecule has 3 unspecified atom stereocenters. The molecule has 150 valence electrons. The van der Waals surface area contributed by atoms with Crippen LogP contribution in [0.2, 0.25) is 5.02 Å². The first kappa shape index (κ1) is 19.7. The topological polar surface area (TPSA) is 47.9 Å². The zero-order chi connectivity index (χ0) is 19.5. The van der Waals surface area contributed by atoms with E-state index in [2.05, 4.69) is 18.2 Å². The fourth-order valence-electron chi connectivity index (χ4n) is 3.97. The normalized spacial score (nSPS) is 27.7. The van der Waals surface area contributed by atoms with Gasteiger partial charge in [-0.3, -0.25) is 0 Å². The maximum atomic E-state index is 10.1. The maximum Gasteiger partial charge on any atom is 0.124 e. The summed E-state index contributed by atoms with van der Waals surface area (Å²) in [6.07, 6.45) is 2.83. The quantitative estimate of drug-likeness (QED) is 0.787. The maximum absolute atomic E-state index is 10.1. The van der Waals surface area contributed by atoms with Gasteiger partial charge < -0.3 is 19.3 Å². The van der Waals surface area contributed by atoms with Crippen LogP contribution in [-0.4, -0.2) is 36.6 Å². The first-order valence-electron chi connectivity index (χ1n) is 10.0. The molecule has 0 radical (unpaired) electrons. The van der Waals surface area contributed by atoms with Crippen molar-refractivity contribution in [2.24, 2.45) is 0 Å². The van der Waals surface area contributed by atoms with Crippen LogP contribution in [0.25, 0.3) is 0 Å². The van der Waals surface area contributed by atoms with Crippen LogP contribution in [0, 0.1) is 0 Å². The highest BCUT2D eigenvalue weighted by Crippen LogP contribution is 2.33. The third-order valence-corrected chi connectivity index (χ3v) is 5.81. The fraction of sp³-hybridized carbons (Fsp3) is 0.478. The highest BCUT2D eigenvalue weighted by atomic mass is 35.5. The van der Waals surface area contributed by atoms with Crippen LogP contribution in [0.4, 0.5) is 0 Å².